The van der Waals surface area contributed by atoms with Gasteiger partial charge in [0.25, 0.3) is 0 Å². The highest BCUT2D eigenvalue weighted by atomic mass is 32.2. The van der Waals surface area contributed by atoms with E-state index in [1.165, 1.54) is 0 Å². The molecule has 2 aliphatic rings. The second-order valence-corrected chi connectivity index (χ2v) is 10.3. The van der Waals surface area contributed by atoms with Gasteiger partial charge in [0.1, 0.15) is 29.1 Å². The predicted octanol–water partition coefficient (Wildman–Crippen LogP) is 5.01. The summed E-state index contributed by atoms with van der Waals surface area (Å²) in [7, 11) is 5.51. The van der Waals surface area contributed by atoms with Gasteiger partial charge in [0.15, 0.2) is 11.5 Å². The largest absolute Gasteiger partial charge is 0.497 e. The number of benzene rings is 3. The number of thioether (sulfide) groups is 1. The Balaban J connectivity index is 1.14. The predicted molar refractivity (Wildman–Crippen MR) is 147 cm³/mol. The molecule has 2 aliphatic heterocycles. The van der Waals surface area contributed by atoms with Crippen molar-refractivity contribution in [1.82, 2.24) is 4.90 Å². The van der Waals surface area contributed by atoms with Crippen molar-refractivity contribution in [2.75, 3.05) is 59.2 Å². The smallest absolute Gasteiger partial charge is 0.244 e. The van der Waals surface area contributed by atoms with Gasteiger partial charge in [-0.2, -0.15) is 0 Å². The average Bonchev–Trinajstić information content (AvgIpc) is 3.41. The zero-order chi connectivity index (χ0) is 26.5. The molecule has 0 bridgehead atoms. The molecule has 0 aromatic heterocycles. The average molecular weight is 537 g/mol. The van der Waals surface area contributed by atoms with Crippen LogP contribution in [-0.4, -0.2) is 65.1 Å². The molecule has 8 nitrogen and oxygen atoms in total. The van der Waals surface area contributed by atoms with Gasteiger partial charge in [-0.25, -0.2) is 0 Å². The van der Waals surface area contributed by atoms with E-state index in [0.717, 1.165) is 52.9 Å². The van der Waals surface area contributed by atoms with E-state index in [1.54, 1.807) is 23.8 Å². The number of amides is 1. The molecule has 3 aromatic carbocycles. The highest BCUT2D eigenvalue weighted by molar-refractivity contribution is 8.00. The monoisotopic (exact) mass is 536 g/mol. The lowest BCUT2D eigenvalue weighted by molar-refractivity contribution is -0.118. The molecular formula is C29H32N2O6S. The zero-order valence-corrected chi connectivity index (χ0v) is 22.7. The molecular weight excluding hydrogens is 504 g/mol. The lowest BCUT2D eigenvalue weighted by Crippen LogP contribution is -2.34. The lowest BCUT2D eigenvalue weighted by atomic mass is 10.1. The van der Waals surface area contributed by atoms with Crippen molar-refractivity contribution >= 4 is 23.4 Å². The van der Waals surface area contributed by atoms with Gasteiger partial charge < -0.3 is 33.5 Å². The van der Waals surface area contributed by atoms with Crippen LogP contribution in [0.3, 0.4) is 0 Å². The van der Waals surface area contributed by atoms with E-state index in [0.29, 0.717) is 24.7 Å². The first-order valence-corrected chi connectivity index (χ1v) is 13.5. The molecule has 9 heteroatoms. The van der Waals surface area contributed by atoms with E-state index in [1.807, 2.05) is 67.7 Å². The number of nitrogens with zero attached hydrogens (tertiary/aromatic N) is 2. The van der Waals surface area contributed by atoms with E-state index in [9.17, 15) is 4.79 Å². The fraction of sp³-hybridized carbons (Fsp3) is 0.345. The van der Waals surface area contributed by atoms with E-state index in [2.05, 4.69) is 11.9 Å². The van der Waals surface area contributed by atoms with Crippen LogP contribution in [0.5, 0.6) is 28.7 Å². The SMILES string of the molecule is COc1ccc(OCCN(C)CCCOc2ccc3c(c2)OCO3)c(C2Sc3ccccc3N(C)C2=O)c1. The van der Waals surface area contributed by atoms with Gasteiger partial charge >= 0.3 is 0 Å². The number of ether oxygens (including phenoxy) is 5. The van der Waals surface area contributed by atoms with Crippen molar-refractivity contribution in [2.45, 2.75) is 16.6 Å². The standard InChI is InChI=1S/C29H32N2O6S/c1-30(13-6-15-34-21-10-12-25-26(18-21)37-19-36-25)14-16-35-24-11-9-20(33-3)17-22(24)28-29(32)31(2)23-7-4-5-8-27(23)38-28/h4-5,7-12,17-18,28H,6,13-16,19H2,1-3H3. The van der Waals surface area contributed by atoms with Crippen LogP contribution in [0.25, 0.3) is 0 Å². The minimum atomic E-state index is -0.411. The number of carbonyl (C=O) groups excluding carboxylic acids is 1. The summed E-state index contributed by atoms with van der Waals surface area (Å²) in [6, 6.07) is 19.2. The Hall–Kier alpha value is -3.56. The van der Waals surface area contributed by atoms with Crippen LogP contribution in [0.1, 0.15) is 17.2 Å². The number of rotatable bonds is 11. The van der Waals surface area contributed by atoms with Crippen LogP contribution < -0.4 is 28.6 Å². The third-order valence-corrected chi connectivity index (χ3v) is 7.84. The molecule has 1 atom stereocenters. The summed E-state index contributed by atoms with van der Waals surface area (Å²) >= 11 is 1.55. The normalized spacial score (nSPS) is 15.9. The van der Waals surface area contributed by atoms with Gasteiger partial charge in [-0.15, -0.1) is 11.8 Å². The number of fused-ring (bicyclic) bond motifs is 2. The fourth-order valence-corrected chi connectivity index (χ4v) is 5.71. The van der Waals surface area contributed by atoms with Crippen molar-refractivity contribution in [3.8, 4) is 28.7 Å². The molecule has 0 radical (unpaired) electrons. The number of carbonyl (C=O) groups is 1. The quantitative estimate of drug-likeness (QED) is 0.317. The topological polar surface area (TPSA) is 69.7 Å². The van der Waals surface area contributed by atoms with Crippen LogP contribution in [0.2, 0.25) is 0 Å². The minimum absolute atomic E-state index is 0.0198. The van der Waals surface area contributed by atoms with Crippen LogP contribution >= 0.6 is 11.8 Å². The molecule has 0 N–H and O–H groups in total. The van der Waals surface area contributed by atoms with Crippen molar-refractivity contribution < 1.29 is 28.5 Å². The van der Waals surface area contributed by atoms with Gasteiger partial charge in [0, 0.05) is 36.7 Å². The van der Waals surface area contributed by atoms with E-state index < -0.39 is 5.25 Å². The van der Waals surface area contributed by atoms with E-state index in [4.69, 9.17) is 23.7 Å². The molecule has 0 saturated heterocycles. The number of hydrogen-bond donors (Lipinski definition) is 0. The molecule has 2 heterocycles. The van der Waals surface area contributed by atoms with Crippen molar-refractivity contribution in [1.29, 1.82) is 0 Å². The van der Waals surface area contributed by atoms with Crippen LogP contribution in [0.4, 0.5) is 5.69 Å². The summed E-state index contributed by atoms with van der Waals surface area (Å²) in [5.74, 6) is 3.66. The molecule has 5 rings (SSSR count). The van der Waals surface area contributed by atoms with Gasteiger partial charge in [-0.3, -0.25) is 4.79 Å². The molecule has 38 heavy (non-hydrogen) atoms. The third kappa shape index (κ3) is 5.79. The third-order valence-electron chi connectivity index (χ3n) is 6.55. The highest BCUT2D eigenvalue weighted by Crippen LogP contribution is 2.48. The van der Waals surface area contributed by atoms with Gasteiger partial charge in [-0.1, -0.05) is 12.1 Å². The molecule has 0 aliphatic carbocycles. The Morgan fingerprint density at radius 3 is 2.66 bits per heavy atom. The van der Waals surface area contributed by atoms with Crippen LogP contribution in [-0.2, 0) is 4.79 Å². The Morgan fingerprint density at radius 1 is 0.974 bits per heavy atom. The zero-order valence-electron chi connectivity index (χ0n) is 21.8. The maximum Gasteiger partial charge on any atom is 0.244 e. The Labute approximate surface area is 227 Å². The summed E-state index contributed by atoms with van der Waals surface area (Å²) in [6.07, 6.45) is 0.873. The number of para-hydroxylation sites is 1. The molecule has 1 amide bonds. The molecule has 200 valence electrons. The Morgan fingerprint density at radius 2 is 1.79 bits per heavy atom. The Kier molecular flexibility index (Phi) is 8.14. The van der Waals surface area contributed by atoms with Gasteiger partial charge in [-0.05, 0) is 55.9 Å². The lowest BCUT2D eigenvalue weighted by Gasteiger charge is -2.32. The molecule has 0 saturated carbocycles. The molecule has 0 spiro atoms. The second-order valence-electron chi connectivity index (χ2n) is 9.14. The summed E-state index contributed by atoms with van der Waals surface area (Å²) in [5.41, 5.74) is 1.74. The second kappa shape index (κ2) is 11.9. The molecule has 3 aromatic rings. The van der Waals surface area contributed by atoms with E-state index in [-0.39, 0.29) is 12.7 Å². The number of anilines is 1. The van der Waals surface area contributed by atoms with E-state index >= 15 is 0 Å². The minimum Gasteiger partial charge on any atom is -0.497 e. The molecule has 0 fully saturated rings. The first-order chi connectivity index (χ1) is 18.5. The van der Waals surface area contributed by atoms with Crippen molar-refractivity contribution in [3.63, 3.8) is 0 Å². The summed E-state index contributed by atoms with van der Waals surface area (Å²) in [6.45, 7) is 2.96. The number of likely N-dealkylation sites (N-methyl/N-ethyl adjacent to an activating group) is 2. The number of hydrogen-bond acceptors (Lipinski definition) is 8. The highest BCUT2D eigenvalue weighted by Gasteiger charge is 2.34. The van der Waals surface area contributed by atoms with Crippen molar-refractivity contribution in [2.24, 2.45) is 0 Å². The summed E-state index contributed by atoms with van der Waals surface area (Å²) in [5, 5.41) is -0.411. The maximum absolute atomic E-state index is 13.3. The fourth-order valence-electron chi connectivity index (χ4n) is 4.41. The maximum atomic E-state index is 13.3. The summed E-state index contributed by atoms with van der Waals surface area (Å²) < 4.78 is 28.3. The number of methoxy groups -OCH3 is 1. The first-order valence-electron chi connectivity index (χ1n) is 12.6. The molecule has 1 unspecified atom stereocenters. The summed E-state index contributed by atoms with van der Waals surface area (Å²) in [4.78, 5) is 18.3. The van der Waals surface area contributed by atoms with Crippen molar-refractivity contribution in [3.05, 3.63) is 66.2 Å². The Bertz CT molecular complexity index is 1290. The first kappa shape index (κ1) is 26.1. The van der Waals surface area contributed by atoms with Gasteiger partial charge in [0.05, 0.1) is 19.4 Å². The van der Waals surface area contributed by atoms with Crippen LogP contribution in [0, 0.1) is 0 Å². The van der Waals surface area contributed by atoms with Gasteiger partial charge in [0.2, 0.25) is 12.7 Å². The van der Waals surface area contributed by atoms with Crippen LogP contribution in [0.15, 0.2) is 65.6 Å².